The van der Waals surface area contributed by atoms with Crippen molar-refractivity contribution in [1.82, 2.24) is 10.3 Å². The van der Waals surface area contributed by atoms with E-state index in [1.807, 2.05) is 0 Å². The van der Waals surface area contributed by atoms with Crippen molar-refractivity contribution in [1.29, 1.82) is 0 Å². The molecule has 0 bridgehead atoms. The van der Waals surface area contributed by atoms with Crippen molar-refractivity contribution in [2.45, 2.75) is 19.3 Å². The lowest BCUT2D eigenvalue weighted by Crippen LogP contribution is -2.24. The van der Waals surface area contributed by atoms with Gasteiger partial charge in [0.2, 0.25) is 0 Å². The highest BCUT2D eigenvalue weighted by atomic mass is 79.9. The van der Waals surface area contributed by atoms with Gasteiger partial charge < -0.3 is 10.4 Å². The van der Waals surface area contributed by atoms with Crippen LogP contribution < -0.4 is 5.32 Å². The summed E-state index contributed by atoms with van der Waals surface area (Å²) >= 11 is 3.35. The molecule has 88 valence electrons. The summed E-state index contributed by atoms with van der Waals surface area (Å²) in [6.07, 6.45) is 5.88. The summed E-state index contributed by atoms with van der Waals surface area (Å²) in [5.74, 6) is -0.334. The molecular formula is C11H15BrN2O2. The molecular weight excluding hydrogens is 272 g/mol. The van der Waals surface area contributed by atoms with E-state index in [1.54, 1.807) is 0 Å². The minimum atomic E-state index is -0.251. The number of aromatic hydroxyl groups is 1. The zero-order valence-corrected chi connectivity index (χ0v) is 10.5. The Balaban J connectivity index is 2.33. The van der Waals surface area contributed by atoms with Crippen molar-refractivity contribution in [3.05, 3.63) is 24.0 Å². The number of aromatic nitrogens is 1. The lowest BCUT2D eigenvalue weighted by Gasteiger charge is -2.05. The first-order valence-corrected chi connectivity index (χ1v) is 6.35. The topological polar surface area (TPSA) is 62.2 Å². The van der Waals surface area contributed by atoms with Crippen LogP contribution in [0.4, 0.5) is 0 Å². The van der Waals surface area contributed by atoms with Crippen LogP contribution in [0.25, 0.3) is 0 Å². The number of rotatable bonds is 6. The van der Waals surface area contributed by atoms with E-state index < -0.39 is 0 Å². The Morgan fingerprint density at radius 1 is 1.44 bits per heavy atom. The van der Waals surface area contributed by atoms with Crippen molar-refractivity contribution in [3.8, 4) is 5.75 Å². The predicted octanol–water partition coefficient (Wildman–Crippen LogP) is 2.08. The van der Waals surface area contributed by atoms with Crippen LogP contribution in [0.5, 0.6) is 5.75 Å². The molecule has 1 amide bonds. The third-order valence-electron chi connectivity index (χ3n) is 2.14. The molecule has 1 rings (SSSR count). The Morgan fingerprint density at radius 2 is 2.25 bits per heavy atom. The molecule has 0 atom stereocenters. The first-order chi connectivity index (χ1) is 7.75. The SMILES string of the molecule is O=C(NCCCCCBr)c1ccncc1O. The van der Waals surface area contributed by atoms with E-state index in [1.165, 1.54) is 18.5 Å². The van der Waals surface area contributed by atoms with E-state index in [9.17, 15) is 9.90 Å². The highest BCUT2D eigenvalue weighted by molar-refractivity contribution is 9.09. The maximum absolute atomic E-state index is 11.6. The largest absolute Gasteiger partial charge is 0.505 e. The highest BCUT2D eigenvalue weighted by Crippen LogP contribution is 2.13. The number of unbranched alkanes of at least 4 members (excludes halogenated alkanes) is 2. The standard InChI is InChI=1S/C11H15BrN2O2/c12-5-2-1-3-6-14-11(16)9-4-7-13-8-10(9)15/h4,7-8,15H,1-3,5-6H2,(H,14,16). The molecule has 0 aliphatic heterocycles. The quantitative estimate of drug-likeness (QED) is 0.622. The number of nitrogens with one attached hydrogen (secondary N) is 1. The van der Waals surface area contributed by atoms with Crippen LogP contribution in [0, 0.1) is 0 Å². The molecule has 0 spiro atoms. The Labute approximate surface area is 103 Å². The summed E-state index contributed by atoms with van der Waals surface area (Å²) in [6, 6.07) is 1.50. The number of pyridine rings is 1. The van der Waals surface area contributed by atoms with Gasteiger partial charge in [-0.3, -0.25) is 9.78 Å². The second kappa shape index (κ2) is 7.22. The fourth-order valence-electron chi connectivity index (χ4n) is 1.27. The van der Waals surface area contributed by atoms with E-state index in [4.69, 9.17) is 0 Å². The van der Waals surface area contributed by atoms with Crippen LogP contribution in [0.2, 0.25) is 0 Å². The normalized spacial score (nSPS) is 10.1. The number of carbonyl (C=O) groups excluding carboxylic acids is 1. The van der Waals surface area contributed by atoms with E-state index in [0.29, 0.717) is 6.54 Å². The molecule has 0 aliphatic carbocycles. The van der Waals surface area contributed by atoms with Crippen molar-refractivity contribution < 1.29 is 9.90 Å². The van der Waals surface area contributed by atoms with Crippen LogP contribution in [0.15, 0.2) is 18.5 Å². The maximum Gasteiger partial charge on any atom is 0.255 e. The molecule has 0 unspecified atom stereocenters. The molecule has 16 heavy (non-hydrogen) atoms. The molecule has 0 saturated heterocycles. The molecule has 0 aliphatic rings. The zero-order chi connectivity index (χ0) is 11.8. The molecule has 1 aromatic rings. The zero-order valence-electron chi connectivity index (χ0n) is 8.95. The van der Waals surface area contributed by atoms with Gasteiger partial charge in [0.05, 0.1) is 11.8 Å². The lowest BCUT2D eigenvalue weighted by molar-refractivity contribution is 0.0950. The molecule has 5 heteroatoms. The van der Waals surface area contributed by atoms with Gasteiger partial charge in [0.25, 0.3) is 5.91 Å². The van der Waals surface area contributed by atoms with Crippen molar-refractivity contribution in [3.63, 3.8) is 0 Å². The Kier molecular flexibility index (Phi) is 5.85. The predicted molar refractivity (Wildman–Crippen MR) is 65.9 cm³/mol. The molecule has 4 nitrogen and oxygen atoms in total. The van der Waals surface area contributed by atoms with Crippen molar-refractivity contribution in [2.75, 3.05) is 11.9 Å². The summed E-state index contributed by atoms with van der Waals surface area (Å²) < 4.78 is 0. The van der Waals surface area contributed by atoms with Gasteiger partial charge >= 0.3 is 0 Å². The minimum absolute atomic E-state index is 0.0829. The van der Waals surface area contributed by atoms with E-state index in [2.05, 4.69) is 26.2 Å². The average Bonchev–Trinajstić information content (AvgIpc) is 2.29. The monoisotopic (exact) mass is 286 g/mol. The van der Waals surface area contributed by atoms with Gasteiger partial charge in [0, 0.05) is 18.1 Å². The van der Waals surface area contributed by atoms with Gasteiger partial charge in [-0.15, -0.1) is 0 Å². The van der Waals surface area contributed by atoms with Crippen molar-refractivity contribution in [2.24, 2.45) is 0 Å². The third kappa shape index (κ3) is 4.18. The van der Waals surface area contributed by atoms with Crippen LogP contribution >= 0.6 is 15.9 Å². The molecule has 1 aromatic heterocycles. The summed E-state index contributed by atoms with van der Waals surface area (Å²) in [7, 11) is 0. The highest BCUT2D eigenvalue weighted by Gasteiger charge is 2.09. The average molecular weight is 287 g/mol. The van der Waals surface area contributed by atoms with Crippen molar-refractivity contribution >= 4 is 21.8 Å². The maximum atomic E-state index is 11.6. The summed E-state index contributed by atoms with van der Waals surface area (Å²) in [4.78, 5) is 15.3. The summed E-state index contributed by atoms with van der Waals surface area (Å²) in [5.41, 5.74) is 0.274. The molecule has 0 aromatic carbocycles. The number of amides is 1. The number of alkyl halides is 1. The van der Waals surface area contributed by atoms with E-state index in [-0.39, 0.29) is 17.2 Å². The molecule has 0 radical (unpaired) electrons. The number of halogens is 1. The summed E-state index contributed by atoms with van der Waals surface area (Å²) in [5, 5.41) is 13.1. The number of hydrogen-bond donors (Lipinski definition) is 2. The van der Waals surface area contributed by atoms with Crippen LogP contribution in [0.3, 0.4) is 0 Å². The first kappa shape index (κ1) is 13.0. The molecule has 1 heterocycles. The van der Waals surface area contributed by atoms with Gasteiger partial charge in [-0.25, -0.2) is 0 Å². The summed E-state index contributed by atoms with van der Waals surface area (Å²) in [6.45, 7) is 0.633. The van der Waals surface area contributed by atoms with Gasteiger partial charge in [0.15, 0.2) is 0 Å². The van der Waals surface area contributed by atoms with Gasteiger partial charge in [-0.1, -0.05) is 22.4 Å². The number of carbonyl (C=O) groups is 1. The smallest absolute Gasteiger partial charge is 0.255 e. The Morgan fingerprint density at radius 3 is 2.94 bits per heavy atom. The molecule has 0 saturated carbocycles. The van der Waals surface area contributed by atoms with E-state index >= 15 is 0 Å². The Bertz CT molecular complexity index is 345. The minimum Gasteiger partial charge on any atom is -0.505 e. The third-order valence-corrected chi connectivity index (χ3v) is 2.70. The number of nitrogens with zero attached hydrogens (tertiary/aromatic N) is 1. The number of hydrogen-bond acceptors (Lipinski definition) is 3. The lowest BCUT2D eigenvalue weighted by atomic mass is 10.2. The van der Waals surface area contributed by atoms with Crippen LogP contribution in [-0.2, 0) is 0 Å². The van der Waals surface area contributed by atoms with Crippen LogP contribution in [0.1, 0.15) is 29.6 Å². The second-order valence-electron chi connectivity index (χ2n) is 3.40. The fourth-order valence-corrected chi connectivity index (χ4v) is 1.67. The van der Waals surface area contributed by atoms with E-state index in [0.717, 1.165) is 24.6 Å². The first-order valence-electron chi connectivity index (χ1n) is 5.23. The second-order valence-corrected chi connectivity index (χ2v) is 4.19. The van der Waals surface area contributed by atoms with Gasteiger partial charge in [0.1, 0.15) is 5.75 Å². The van der Waals surface area contributed by atoms with Gasteiger partial charge in [-0.2, -0.15) is 0 Å². The molecule has 2 N–H and O–H groups in total. The molecule has 0 fully saturated rings. The Hall–Kier alpha value is -1.10. The fraction of sp³-hybridized carbons (Fsp3) is 0.455. The van der Waals surface area contributed by atoms with Crippen LogP contribution in [-0.4, -0.2) is 27.9 Å². The van der Waals surface area contributed by atoms with Gasteiger partial charge in [-0.05, 0) is 18.9 Å².